The van der Waals surface area contributed by atoms with E-state index in [-0.39, 0.29) is 0 Å². The quantitative estimate of drug-likeness (QED) is 0.825. The van der Waals surface area contributed by atoms with Crippen LogP contribution >= 0.6 is 0 Å². The lowest BCUT2D eigenvalue weighted by molar-refractivity contribution is 0.802. The number of nitrogens with zero attached hydrogens (tertiary/aromatic N) is 3. The Bertz CT molecular complexity index is 430. The standard InChI is InChI=1S/C11H14N4/c1-2-3-9-4-6-10(7-5-9)15-8-11(12)13-14-15/h4-8H,2-3,12H2,1H3. The van der Waals surface area contributed by atoms with Crippen molar-refractivity contribution in [2.75, 3.05) is 5.73 Å². The summed E-state index contributed by atoms with van der Waals surface area (Å²) < 4.78 is 1.67. The highest BCUT2D eigenvalue weighted by Gasteiger charge is 1.99. The van der Waals surface area contributed by atoms with E-state index in [1.807, 2.05) is 12.1 Å². The first-order chi connectivity index (χ1) is 7.29. The smallest absolute Gasteiger partial charge is 0.166 e. The minimum Gasteiger partial charge on any atom is -0.381 e. The molecule has 1 aromatic carbocycles. The van der Waals surface area contributed by atoms with Crippen LogP contribution in [0.1, 0.15) is 18.9 Å². The third kappa shape index (κ3) is 2.15. The summed E-state index contributed by atoms with van der Waals surface area (Å²) in [5.41, 5.74) is 7.83. The van der Waals surface area contributed by atoms with Crippen LogP contribution in [-0.2, 0) is 6.42 Å². The minimum atomic E-state index is 0.438. The number of nitrogen functional groups attached to an aromatic ring is 1. The molecule has 2 aromatic rings. The van der Waals surface area contributed by atoms with E-state index in [0.717, 1.165) is 18.5 Å². The molecule has 0 saturated heterocycles. The Kier molecular flexibility index (Phi) is 2.67. The lowest BCUT2D eigenvalue weighted by atomic mass is 10.1. The van der Waals surface area contributed by atoms with Crippen molar-refractivity contribution >= 4 is 5.82 Å². The summed E-state index contributed by atoms with van der Waals surface area (Å²) in [5, 5.41) is 7.65. The molecule has 15 heavy (non-hydrogen) atoms. The first kappa shape index (κ1) is 9.71. The van der Waals surface area contributed by atoms with Gasteiger partial charge in [0.1, 0.15) is 0 Å². The zero-order chi connectivity index (χ0) is 10.7. The second-order valence-corrected chi connectivity index (χ2v) is 3.50. The molecule has 2 N–H and O–H groups in total. The summed E-state index contributed by atoms with van der Waals surface area (Å²) in [6, 6.07) is 8.27. The first-order valence-electron chi connectivity index (χ1n) is 5.06. The van der Waals surface area contributed by atoms with E-state index in [9.17, 15) is 0 Å². The molecule has 78 valence electrons. The van der Waals surface area contributed by atoms with Crippen LogP contribution in [0.5, 0.6) is 0 Å². The fraction of sp³-hybridized carbons (Fsp3) is 0.273. The fourth-order valence-electron chi connectivity index (χ4n) is 1.51. The van der Waals surface area contributed by atoms with Crippen molar-refractivity contribution in [1.82, 2.24) is 15.0 Å². The molecule has 1 heterocycles. The molecule has 0 unspecified atom stereocenters. The zero-order valence-corrected chi connectivity index (χ0v) is 8.72. The second-order valence-electron chi connectivity index (χ2n) is 3.50. The third-order valence-corrected chi connectivity index (χ3v) is 2.25. The van der Waals surface area contributed by atoms with Crippen LogP contribution in [0.2, 0.25) is 0 Å². The summed E-state index contributed by atoms with van der Waals surface area (Å²) in [6.45, 7) is 2.17. The van der Waals surface area contributed by atoms with E-state index >= 15 is 0 Å². The summed E-state index contributed by atoms with van der Waals surface area (Å²) >= 11 is 0. The van der Waals surface area contributed by atoms with Crippen LogP contribution in [-0.4, -0.2) is 15.0 Å². The molecule has 4 nitrogen and oxygen atoms in total. The van der Waals surface area contributed by atoms with Crippen LogP contribution in [0.25, 0.3) is 5.69 Å². The van der Waals surface area contributed by atoms with Gasteiger partial charge in [-0.3, -0.25) is 0 Å². The van der Waals surface area contributed by atoms with Crippen LogP contribution in [0.15, 0.2) is 30.5 Å². The highest BCUT2D eigenvalue weighted by atomic mass is 15.4. The van der Waals surface area contributed by atoms with E-state index in [0.29, 0.717) is 5.82 Å². The molecule has 0 radical (unpaired) electrons. The Hall–Kier alpha value is -1.84. The Morgan fingerprint density at radius 2 is 2.00 bits per heavy atom. The van der Waals surface area contributed by atoms with Gasteiger partial charge in [-0.25, -0.2) is 4.68 Å². The summed E-state index contributed by atoms with van der Waals surface area (Å²) in [6.07, 6.45) is 3.98. The molecule has 0 saturated carbocycles. The number of nitrogens with two attached hydrogens (primary N) is 1. The molecular weight excluding hydrogens is 188 g/mol. The van der Waals surface area contributed by atoms with E-state index in [4.69, 9.17) is 5.73 Å². The normalized spacial score (nSPS) is 10.5. The SMILES string of the molecule is CCCc1ccc(-n2cc(N)nn2)cc1. The molecule has 0 aliphatic heterocycles. The van der Waals surface area contributed by atoms with Gasteiger partial charge < -0.3 is 5.73 Å². The number of rotatable bonds is 3. The van der Waals surface area contributed by atoms with Gasteiger partial charge in [0.15, 0.2) is 5.82 Å². The highest BCUT2D eigenvalue weighted by molar-refractivity contribution is 5.36. The van der Waals surface area contributed by atoms with Crippen molar-refractivity contribution in [3.8, 4) is 5.69 Å². The number of hydrogen-bond donors (Lipinski definition) is 1. The number of anilines is 1. The van der Waals surface area contributed by atoms with Crippen molar-refractivity contribution in [2.45, 2.75) is 19.8 Å². The first-order valence-corrected chi connectivity index (χ1v) is 5.06. The molecule has 0 amide bonds. The van der Waals surface area contributed by atoms with Gasteiger partial charge in [0.2, 0.25) is 0 Å². The van der Waals surface area contributed by atoms with Crippen molar-refractivity contribution in [3.63, 3.8) is 0 Å². The number of aryl methyl sites for hydroxylation is 1. The Morgan fingerprint density at radius 3 is 2.53 bits per heavy atom. The Labute approximate surface area is 88.7 Å². The maximum atomic E-state index is 5.50. The predicted molar refractivity (Wildman–Crippen MR) is 59.8 cm³/mol. The minimum absolute atomic E-state index is 0.438. The maximum Gasteiger partial charge on any atom is 0.166 e. The van der Waals surface area contributed by atoms with Gasteiger partial charge in [-0.2, -0.15) is 0 Å². The fourth-order valence-corrected chi connectivity index (χ4v) is 1.51. The molecular formula is C11H14N4. The predicted octanol–water partition coefficient (Wildman–Crippen LogP) is 1.80. The zero-order valence-electron chi connectivity index (χ0n) is 8.72. The van der Waals surface area contributed by atoms with Crippen LogP contribution in [0.4, 0.5) is 5.82 Å². The van der Waals surface area contributed by atoms with Crippen molar-refractivity contribution in [2.24, 2.45) is 0 Å². The van der Waals surface area contributed by atoms with Crippen LogP contribution in [0.3, 0.4) is 0 Å². The summed E-state index contributed by atoms with van der Waals surface area (Å²) in [7, 11) is 0. The van der Waals surface area contributed by atoms with Gasteiger partial charge in [0.05, 0.1) is 11.9 Å². The van der Waals surface area contributed by atoms with E-state index in [2.05, 4.69) is 29.4 Å². The van der Waals surface area contributed by atoms with Crippen molar-refractivity contribution < 1.29 is 0 Å². The number of aromatic nitrogens is 3. The molecule has 0 atom stereocenters. The van der Waals surface area contributed by atoms with Gasteiger partial charge in [0, 0.05) is 0 Å². The topological polar surface area (TPSA) is 56.7 Å². The van der Waals surface area contributed by atoms with Crippen molar-refractivity contribution in [1.29, 1.82) is 0 Å². The van der Waals surface area contributed by atoms with Gasteiger partial charge in [0.25, 0.3) is 0 Å². The van der Waals surface area contributed by atoms with Gasteiger partial charge in [-0.05, 0) is 24.1 Å². The van der Waals surface area contributed by atoms with Crippen LogP contribution in [0, 0.1) is 0 Å². The molecule has 2 rings (SSSR count). The average molecular weight is 202 g/mol. The molecule has 1 aromatic heterocycles. The number of benzene rings is 1. The highest BCUT2D eigenvalue weighted by Crippen LogP contribution is 2.10. The average Bonchev–Trinajstić information content (AvgIpc) is 2.67. The molecule has 0 aliphatic carbocycles. The monoisotopic (exact) mass is 202 g/mol. The van der Waals surface area contributed by atoms with Crippen molar-refractivity contribution in [3.05, 3.63) is 36.0 Å². The van der Waals surface area contributed by atoms with Gasteiger partial charge in [-0.15, -0.1) is 5.10 Å². The largest absolute Gasteiger partial charge is 0.381 e. The third-order valence-electron chi connectivity index (χ3n) is 2.25. The van der Waals surface area contributed by atoms with E-state index < -0.39 is 0 Å². The summed E-state index contributed by atoms with van der Waals surface area (Å²) in [4.78, 5) is 0. The maximum absolute atomic E-state index is 5.50. The summed E-state index contributed by atoms with van der Waals surface area (Å²) in [5.74, 6) is 0.438. The molecule has 0 spiro atoms. The molecule has 4 heteroatoms. The number of hydrogen-bond acceptors (Lipinski definition) is 3. The molecule has 0 bridgehead atoms. The van der Waals surface area contributed by atoms with Crippen LogP contribution < -0.4 is 5.73 Å². The van der Waals surface area contributed by atoms with E-state index in [1.54, 1.807) is 10.9 Å². The molecule has 0 aliphatic rings. The lowest BCUT2D eigenvalue weighted by Crippen LogP contribution is -1.95. The molecule has 0 fully saturated rings. The second kappa shape index (κ2) is 4.13. The lowest BCUT2D eigenvalue weighted by Gasteiger charge is -2.01. The van der Waals surface area contributed by atoms with E-state index in [1.165, 1.54) is 5.56 Å². The van der Waals surface area contributed by atoms with Gasteiger partial charge >= 0.3 is 0 Å². The van der Waals surface area contributed by atoms with Gasteiger partial charge in [-0.1, -0.05) is 30.7 Å². The Morgan fingerprint density at radius 1 is 1.27 bits per heavy atom. The Balaban J connectivity index is 2.23.